The first-order valence-corrected chi connectivity index (χ1v) is 8.07. The zero-order chi connectivity index (χ0) is 19.4. The molecule has 0 fully saturated rings. The van der Waals surface area contributed by atoms with Crippen molar-refractivity contribution in [3.63, 3.8) is 0 Å². The van der Waals surface area contributed by atoms with Gasteiger partial charge in [-0.05, 0) is 30.7 Å². The number of hydrazone groups is 1. The summed E-state index contributed by atoms with van der Waals surface area (Å²) in [5.41, 5.74) is 1.09. The first-order valence-electron chi connectivity index (χ1n) is 8.07. The van der Waals surface area contributed by atoms with Gasteiger partial charge in [-0.2, -0.15) is 10.1 Å². The number of amidine groups is 1. The third-order valence-corrected chi connectivity index (χ3v) is 3.73. The minimum absolute atomic E-state index is 0.00361. The molecule has 0 saturated carbocycles. The van der Waals surface area contributed by atoms with E-state index in [4.69, 9.17) is 4.74 Å². The molecule has 1 aliphatic rings. The fraction of sp³-hybridized carbons (Fsp3) is 0.167. The molecule has 0 radical (unpaired) electrons. The third kappa shape index (κ3) is 4.27. The molecular weight excluding hydrogens is 352 g/mol. The number of rotatable bonds is 5. The van der Waals surface area contributed by atoms with E-state index in [0.29, 0.717) is 11.3 Å². The van der Waals surface area contributed by atoms with Gasteiger partial charge in [-0.3, -0.25) is 19.7 Å². The van der Waals surface area contributed by atoms with Crippen LogP contribution in [-0.4, -0.2) is 29.2 Å². The molecule has 2 aromatic rings. The number of aryl methyl sites for hydroxylation is 1. The maximum Gasteiger partial charge on any atom is 0.311 e. The van der Waals surface area contributed by atoms with Gasteiger partial charge in [0.05, 0.1) is 17.0 Å². The number of carbonyl (C=O) groups excluding carboxylic acids is 2. The minimum atomic E-state index is -0.572. The van der Waals surface area contributed by atoms with E-state index in [9.17, 15) is 19.7 Å². The maximum absolute atomic E-state index is 12.1. The second kappa shape index (κ2) is 7.65. The Morgan fingerprint density at radius 1 is 1.30 bits per heavy atom. The summed E-state index contributed by atoms with van der Waals surface area (Å²) in [4.78, 5) is 34.6. The summed E-state index contributed by atoms with van der Waals surface area (Å²) >= 11 is 0. The van der Waals surface area contributed by atoms with E-state index in [0.717, 1.165) is 0 Å². The number of nitro groups is 1. The second-order valence-corrected chi connectivity index (χ2v) is 5.83. The molecule has 1 aliphatic heterocycles. The van der Waals surface area contributed by atoms with Gasteiger partial charge < -0.3 is 10.1 Å². The monoisotopic (exact) mass is 368 g/mol. The molecule has 138 valence electrons. The Morgan fingerprint density at radius 3 is 2.74 bits per heavy atom. The van der Waals surface area contributed by atoms with Crippen molar-refractivity contribution in [2.24, 2.45) is 5.10 Å². The van der Waals surface area contributed by atoms with Gasteiger partial charge in [-0.15, -0.1) is 0 Å². The van der Waals surface area contributed by atoms with Gasteiger partial charge in [0.25, 0.3) is 11.8 Å². The first-order chi connectivity index (χ1) is 12.9. The van der Waals surface area contributed by atoms with E-state index in [1.54, 1.807) is 37.3 Å². The molecule has 0 aromatic heterocycles. The van der Waals surface area contributed by atoms with Crippen LogP contribution in [0.3, 0.4) is 0 Å². The zero-order valence-corrected chi connectivity index (χ0v) is 14.4. The fourth-order valence-corrected chi connectivity index (χ4v) is 2.50. The summed E-state index contributed by atoms with van der Waals surface area (Å²) in [5, 5.41) is 18.9. The average Bonchev–Trinajstić information content (AvgIpc) is 3.01. The van der Waals surface area contributed by atoms with Gasteiger partial charge in [-0.1, -0.05) is 24.3 Å². The number of nitro benzene ring substituents is 1. The van der Waals surface area contributed by atoms with Gasteiger partial charge in [0, 0.05) is 6.07 Å². The number of hydrogen-bond donors (Lipinski definition) is 1. The molecule has 0 aliphatic carbocycles. The SMILES string of the molecule is Cc1ccc(OCC(=O)NC2=NN(c3ccccc3)C(=O)C2)c([N+](=O)[O-])c1. The number of benzene rings is 2. The Hall–Kier alpha value is -3.75. The van der Waals surface area contributed by atoms with Crippen molar-refractivity contribution in [1.29, 1.82) is 0 Å². The molecule has 0 bridgehead atoms. The van der Waals surface area contributed by atoms with Gasteiger partial charge in [-0.25, -0.2) is 0 Å². The summed E-state index contributed by atoms with van der Waals surface area (Å²) < 4.78 is 5.26. The quantitative estimate of drug-likeness (QED) is 0.641. The Kier molecular flexibility index (Phi) is 5.11. The van der Waals surface area contributed by atoms with Gasteiger partial charge >= 0.3 is 5.69 Å². The molecule has 2 aromatic carbocycles. The molecule has 1 N–H and O–H groups in total. The third-order valence-electron chi connectivity index (χ3n) is 3.73. The lowest BCUT2D eigenvalue weighted by Crippen LogP contribution is -2.33. The van der Waals surface area contributed by atoms with Crippen LogP contribution in [0.4, 0.5) is 11.4 Å². The summed E-state index contributed by atoms with van der Waals surface area (Å²) in [6.07, 6.45) is -0.0503. The smallest absolute Gasteiger partial charge is 0.311 e. The lowest BCUT2D eigenvalue weighted by molar-refractivity contribution is -0.385. The number of carbonyl (C=O) groups is 2. The van der Waals surface area contributed by atoms with Crippen molar-refractivity contribution >= 4 is 29.0 Å². The number of nitrogens with one attached hydrogen (secondary N) is 1. The van der Waals surface area contributed by atoms with Crippen molar-refractivity contribution in [2.75, 3.05) is 11.6 Å². The van der Waals surface area contributed by atoms with Crippen LogP contribution >= 0.6 is 0 Å². The average molecular weight is 368 g/mol. The maximum atomic E-state index is 12.1. The van der Waals surface area contributed by atoms with Crippen molar-refractivity contribution in [1.82, 2.24) is 5.32 Å². The fourth-order valence-electron chi connectivity index (χ4n) is 2.50. The molecule has 0 spiro atoms. The minimum Gasteiger partial charge on any atom is -0.477 e. The van der Waals surface area contributed by atoms with Crippen molar-refractivity contribution < 1.29 is 19.2 Å². The molecule has 3 rings (SSSR count). The number of ether oxygens (including phenoxy) is 1. The van der Waals surface area contributed by atoms with Crippen LogP contribution in [0.15, 0.2) is 53.6 Å². The van der Waals surface area contributed by atoms with E-state index < -0.39 is 17.4 Å². The van der Waals surface area contributed by atoms with E-state index >= 15 is 0 Å². The molecule has 2 amide bonds. The topological polar surface area (TPSA) is 114 Å². The molecule has 0 atom stereocenters. The summed E-state index contributed by atoms with van der Waals surface area (Å²) in [6.45, 7) is 1.28. The van der Waals surface area contributed by atoms with Crippen LogP contribution < -0.4 is 15.1 Å². The predicted octanol–water partition coefficient (Wildman–Crippen LogP) is 2.15. The summed E-state index contributed by atoms with van der Waals surface area (Å²) in [7, 11) is 0. The van der Waals surface area contributed by atoms with Crippen LogP contribution in [-0.2, 0) is 9.59 Å². The van der Waals surface area contributed by atoms with Crippen LogP contribution in [0.5, 0.6) is 5.75 Å². The first kappa shape index (κ1) is 18.1. The molecule has 27 heavy (non-hydrogen) atoms. The Labute approximate surface area is 154 Å². The Balaban J connectivity index is 1.62. The van der Waals surface area contributed by atoms with Gasteiger partial charge in [0.2, 0.25) is 0 Å². The molecular formula is C18H16N4O5. The molecule has 9 heteroatoms. The summed E-state index contributed by atoms with van der Waals surface area (Å²) in [5.74, 6) is -0.648. The highest BCUT2D eigenvalue weighted by Gasteiger charge is 2.26. The van der Waals surface area contributed by atoms with Gasteiger partial charge in [0.1, 0.15) is 5.84 Å². The molecule has 0 unspecified atom stereocenters. The number of anilines is 1. The number of nitrogens with zero attached hydrogens (tertiary/aromatic N) is 3. The van der Waals surface area contributed by atoms with E-state index in [1.165, 1.54) is 17.1 Å². The van der Waals surface area contributed by atoms with E-state index in [2.05, 4.69) is 10.4 Å². The van der Waals surface area contributed by atoms with Crippen LogP contribution in [0.1, 0.15) is 12.0 Å². The largest absolute Gasteiger partial charge is 0.477 e. The highest BCUT2D eigenvalue weighted by Crippen LogP contribution is 2.27. The highest BCUT2D eigenvalue weighted by atomic mass is 16.6. The lowest BCUT2D eigenvalue weighted by atomic mass is 10.2. The second-order valence-electron chi connectivity index (χ2n) is 5.83. The molecule has 9 nitrogen and oxygen atoms in total. The van der Waals surface area contributed by atoms with Crippen LogP contribution in [0, 0.1) is 17.0 Å². The number of hydrogen-bond acceptors (Lipinski definition) is 6. The lowest BCUT2D eigenvalue weighted by Gasteiger charge is -2.10. The van der Waals surface area contributed by atoms with Crippen LogP contribution in [0.2, 0.25) is 0 Å². The van der Waals surface area contributed by atoms with E-state index in [1.807, 2.05) is 6.07 Å². The molecule has 1 heterocycles. The van der Waals surface area contributed by atoms with Crippen LogP contribution in [0.25, 0.3) is 0 Å². The van der Waals surface area contributed by atoms with E-state index in [-0.39, 0.29) is 29.6 Å². The van der Waals surface area contributed by atoms with Crippen molar-refractivity contribution in [3.05, 3.63) is 64.2 Å². The predicted molar refractivity (Wildman–Crippen MR) is 97.5 cm³/mol. The van der Waals surface area contributed by atoms with Gasteiger partial charge in [0.15, 0.2) is 12.4 Å². The molecule has 0 saturated heterocycles. The number of para-hydroxylation sites is 1. The zero-order valence-electron chi connectivity index (χ0n) is 14.4. The normalized spacial score (nSPS) is 13.3. The highest BCUT2D eigenvalue weighted by molar-refractivity contribution is 6.15. The van der Waals surface area contributed by atoms with Crippen molar-refractivity contribution in [3.8, 4) is 5.75 Å². The number of amides is 2. The summed E-state index contributed by atoms with van der Waals surface area (Å²) in [6, 6.07) is 13.3. The Morgan fingerprint density at radius 2 is 2.04 bits per heavy atom. The Bertz CT molecular complexity index is 927. The van der Waals surface area contributed by atoms with Crippen molar-refractivity contribution in [2.45, 2.75) is 13.3 Å². The standard InChI is InChI=1S/C18H16N4O5/c1-12-7-8-15(14(9-12)22(25)26)27-11-17(23)19-16-10-18(24)21(20-16)13-5-3-2-4-6-13/h2-9H,10-11H2,1H3,(H,19,20,23).